The third kappa shape index (κ3) is 2.76. The van der Waals surface area contributed by atoms with Crippen molar-refractivity contribution < 1.29 is 13.7 Å². The molecule has 0 atom stereocenters. The molecular formula is C11H9F2N5O2. The van der Waals surface area contributed by atoms with Crippen molar-refractivity contribution in [2.45, 2.75) is 6.54 Å². The van der Waals surface area contributed by atoms with E-state index in [2.05, 4.69) is 15.3 Å². The minimum Gasteiger partial charge on any atom is -0.378 e. The summed E-state index contributed by atoms with van der Waals surface area (Å²) in [5, 5.41) is 13.4. The smallest absolute Gasteiger partial charge is 0.352 e. The van der Waals surface area contributed by atoms with Gasteiger partial charge in [-0.3, -0.25) is 10.1 Å². The molecule has 20 heavy (non-hydrogen) atoms. The van der Waals surface area contributed by atoms with E-state index < -0.39 is 22.2 Å². The molecule has 1 aromatic carbocycles. The Labute approximate surface area is 111 Å². The molecule has 104 valence electrons. The van der Waals surface area contributed by atoms with Crippen LogP contribution in [0.5, 0.6) is 0 Å². The van der Waals surface area contributed by atoms with Crippen LogP contribution in [0.15, 0.2) is 24.5 Å². The average molecular weight is 281 g/mol. The van der Waals surface area contributed by atoms with Crippen LogP contribution in [0.4, 0.5) is 26.1 Å². The highest BCUT2D eigenvalue weighted by Gasteiger charge is 2.20. The highest BCUT2D eigenvalue weighted by atomic mass is 19.1. The van der Waals surface area contributed by atoms with Gasteiger partial charge < -0.3 is 11.1 Å². The average Bonchev–Trinajstić information content (AvgIpc) is 2.37. The number of anilines is 2. The maximum atomic E-state index is 13.4. The molecular weight excluding hydrogens is 272 g/mol. The first-order valence-corrected chi connectivity index (χ1v) is 5.41. The van der Waals surface area contributed by atoms with Gasteiger partial charge in [0.2, 0.25) is 11.6 Å². The molecule has 2 rings (SSSR count). The molecule has 0 radical (unpaired) electrons. The highest BCUT2D eigenvalue weighted by molar-refractivity contribution is 5.67. The van der Waals surface area contributed by atoms with E-state index in [0.29, 0.717) is 0 Å². The Bertz CT molecular complexity index is 665. The monoisotopic (exact) mass is 281 g/mol. The summed E-state index contributed by atoms with van der Waals surface area (Å²) in [7, 11) is 0. The second kappa shape index (κ2) is 5.43. The van der Waals surface area contributed by atoms with Crippen molar-refractivity contribution in [1.29, 1.82) is 0 Å². The molecule has 0 amide bonds. The van der Waals surface area contributed by atoms with Crippen molar-refractivity contribution in [1.82, 2.24) is 9.97 Å². The number of hydrogen-bond acceptors (Lipinski definition) is 6. The summed E-state index contributed by atoms with van der Waals surface area (Å²) < 4.78 is 26.2. The van der Waals surface area contributed by atoms with Gasteiger partial charge in [0.05, 0.1) is 4.92 Å². The van der Waals surface area contributed by atoms with Gasteiger partial charge in [0.1, 0.15) is 18.0 Å². The van der Waals surface area contributed by atoms with Gasteiger partial charge in [-0.25, -0.2) is 18.7 Å². The second-order valence-corrected chi connectivity index (χ2v) is 3.80. The third-order valence-electron chi connectivity index (χ3n) is 2.49. The van der Waals surface area contributed by atoms with E-state index in [1.165, 1.54) is 6.07 Å². The minimum absolute atomic E-state index is 0.108. The molecule has 0 saturated heterocycles. The summed E-state index contributed by atoms with van der Waals surface area (Å²) in [5.41, 5.74) is 5.03. The van der Waals surface area contributed by atoms with Gasteiger partial charge in [-0.1, -0.05) is 6.07 Å². The Morgan fingerprint density at radius 1 is 1.35 bits per heavy atom. The van der Waals surface area contributed by atoms with Crippen LogP contribution in [0.1, 0.15) is 5.56 Å². The van der Waals surface area contributed by atoms with Gasteiger partial charge in [0.25, 0.3) is 0 Å². The predicted octanol–water partition coefficient (Wildman–Crippen LogP) is 1.86. The fraction of sp³-hybridized carbons (Fsp3) is 0.0909. The van der Waals surface area contributed by atoms with E-state index in [4.69, 9.17) is 5.73 Å². The van der Waals surface area contributed by atoms with Gasteiger partial charge in [-0.05, 0) is 6.07 Å². The van der Waals surface area contributed by atoms with Gasteiger partial charge in [0, 0.05) is 18.2 Å². The van der Waals surface area contributed by atoms with Crippen LogP contribution in [-0.4, -0.2) is 14.9 Å². The topological polar surface area (TPSA) is 107 Å². The number of aromatic nitrogens is 2. The van der Waals surface area contributed by atoms with E-state index in [9.17, 15) is 18.9 Å². The van der Waals surface area contributed by atoms with Crippen LogP contribution in [-0.2, 0) is 6.54 Å². The first-order valence-electron chi connectivity index (χ1n) is 5.41. The van der Waals surface area contributed by atoms with Crippen LogP contribution < -0.4 is 11.1 Å². The number of nitrogens with two attached hydrogens (primary N) is 1. The number of nitro groups is 1. The number of nitrogens with one attached hydrogen (secondary N) is 1. The molecule has 3 N–H and O–H groups in total. The molecule has 0 unspecified atom stereocenters. The van der Waals surface area contributed by atoms with Crippen LogP contribution >= 0.6 is 0 Å². The molecule has 1 heterocycles. The largest absolute Gasteiger partial charge is 0.378 e. The maximum absolute atomic E-state index is 13.4. The summed E-state index contributed by atoms with van der Waals surface area (Å²) in [6.45, 7) is -0.108. The number of rotatable bonds is 4. The van der Waals surface area contributed by atoms with Crippen molar-refractivity contribution in [3.8, 4) is 0 Å². The predicted molar refractivity (Wildman–Crippen MR) is 66.8 cm³/mol. The quantitative estimate of drug-likeness (QED) is 0.654. The summed E-state index contributed by atoms with van der Waals surface area (Å²) >= 11 is 0. The molecule has 7 nitrogen and oxygen atoms in total. The number of benzene rings is 1. The zero-order chi connectivity index (χ0) is 14.7. The lowest BCUT2D eigenvalue weighted by molar-refractivity contribution is -0.383. The molecule has 9 heteroatoms. The molecule has 0 saturated carbocycles. The van der Waals surface area contributed by atoms with Gasteiger partial charge in [-0.15, -0.1) is 0 Å². The van der Waals surface area contributed by atoms with Crippen molar-refractivity contribution >= 4 is 17.3 Å². The fourth-order valence-corrected chi connectivity index (χ4v) is 1.55. The van der Waals surface area contributed by atoms with E-state index >= 15 is 0 Å². The van der Waals surface area contributed by atoms with Crippen LogP contribution in [0.25, 0.3) is 0 Å². The number of nitrogen functional groups attached to an aromatic ring is 1. The van der Waals surface area contributed by atoms with Crippen molar-refractivity contribution in [3.63, 3.8) is 0 Å². The van der Waals surface area contributed by atoms with E-state index in [0.717, 1.165) is 18.5 Å². The first kappa shape index (κ1) is 13.6. The zero-order valence-electron chi connectivity index (χ0n) is 10.0. The summed E-state index contributed by atoms with van der Waals surface area (Å²) in [6.07, 6.45) is 1.05. The Hall–Kier alpha value is -2.84. The lowest BCUT2D eigenvalue weighted by Gasteiger charge is -2.07. The van der Waals surface area contributed by atoms with Crippen molar-refractivity contribution in [2.24, 2.45) is 0 Å². The zero-order valence-corrected chi connectivity index (χ0v) is 10.0. The maximum Gasteiger partial charge on any atom is 0.352 e. The normalized spacial score (nSPS) is 10.3. The highest BCUT2D eigenvalue weighted by Crippen LogP contribution is 2.26. The van der Waals surface area contributed by atoms with Crippen LogP contribution in [0.3, 0.4) is 0 Å². The Morgan fingerprint density at radius 3 is 2.75 bits per heavy atom. The third-order valence-corrected chi connectivity index (χ3v) is 2.49. The van der Waals surface area contributed by atoms with E-state index in [1.807, 2.05) is 0 Å². The van der Waals surface area contributed by atoms with E-state index in [1.54, 1.807) is 0 Å². The standard InChI is InChI=1S/C11H9F2N5O2/c12-7-2-1-6(8(13)3-7)4-15-11-9(18(19)20)10(14)16-5-17-11/h1-3,5H,4H2,(H3,14,15,16,17). The Kier molecular flexibility index (Phi) is 3.69. The molecule has 0 bridgehead atoms. The number of halogens is 2. The molecule has 0 aliphatic heterocycles. The van der Waals surface area contributed by atoms with Crippen molar-refractivity contribution in [2.75, 3.05) is 11.1 Å². The van der Waals surface area contributed by atoms with E-state index in [-0.39, 0.29) is 23.7 Å². The Morgan fingerprint density at radius 2 is 2.10 bits per heavy atom. The SMILES string of the molecule is Nc1ncnc(NCc2ccc(F)cc2F)c1[N+](=O)[O-]. The molecule has 0 spiro atoms. The first-order chi connectivity index (χ1) is 9.49. The minimum atomic E-state index is -0.762. The number of nitrogens with zero attached hydrogens (tertiary/aromatic N) is 3. The fourth-order valence-electron chi connectivity index (χ4n) is 1.55. The molecule has 1 aromatic heterocycles. The lowest BCUT2D eigenvalue weighted by Crippen LogP contribution is -2.09. The Balaban J connectivity index is 2.23. The molecule has 0 aliphatic rings. The van der Waals surface area contributed by atoms with Crippen molar-refractivity contribution in [3.05, 3.63) is 51.8 Å². The van der Waals surface area contributed by atoms with Gasteiger partial charge >= 0.3 is 5.69 Å². The second-order valence-electron chi connectivity index (χ2n) is 3.80. The molecule has 0 aliphatic carbocycles. The summed E-state index contributed by atoms with van der Waals surface area (Å²) in [6, 6.07) is 3.04. The van der Waals surface area contributed by atoms with Gasteiger partial charge in [0.15, 0.2) is 0 Å². The lowest BCUT2D eigenvalue weighted by atomic mass is 10.2. The summed E-state index contributed by atoms with van der Waals surface area (Å²) in [4.78, 5) is 17.3. The van der Waals surface area contributed by atoms with Crippen LogP contribution in [0, 0.1) is 21.7 Å². The molecule has 2 aromatic rings. The molecule has 0 fully saturated rings. The number of hydrogen-bond donors (Lipinski definition) is 2. The summed E-state index contributed by atoms with van der Waals surface area (Å²) in [5.74, 6) is -1.90. The van der Waals surface area contributed by atoms with Crippen LogP contribution in [0.2, 0.25) is 0 Å². The van der Waals surface area contributed by atoms with Gasteiger partial charge in [-0.2, -0.15) is 0 Å².